The summed E-state index contributed by atoms with van der Waals surface area (Å²) >= 11 is 12.6. The summed E-state index contributed by atoms with van der Waals surface area (Å²) in [6.45, 7) is 0. The molecule has 1 heterocycles. The molecule has 0 fully saturated rings. The van der Waals surface area contributed by atoms with E-state index in [0.717, 1.165) is 4.47 Å². The molecule has 1 aromatic heterocycles. The van der Waals surface area contributed by atoms with Crippen LogP contribution in [0.3, 0.4) is 0 Å². The fourth-order valence-corrected chi connectivity index (χ4v) is 2.95. The summed E-state index contributed by atoms with van der Waals surface area (Å²) in [4.78, 5) is 12.3. The van der Waals surface area contributed by atoms with Crippen LogP contribution in [-0.2, 0) is 7.05 Å². The number of hydrogen-bond donors (Lipinski definition) is 0. The molecular formula is C11H7Br2ClN2O. The van der Waals surface area contributed by atoms with E-state index in [1.807, 2.05) is 12.1 Å². The van der Waals surface area contributed by atoms with Gasteiger partial charge in [-0.1, -0.05) is 27.5 Å². The minimum atomic E-state index is -0.158. The minimum Gasteiger partial charge on any atom is -0.287 e. The van der Waals surface area contributed by atoms with Crippen LogP contribution >= 0.6 is 43.5 Å². The lowest BCUT2D eigenvalue weighted by Crippen LogP contribution is -2.09. The molecule has 3 nitrogen and oxygen atoms in total. The zero-order valence-corrected chi connectivity index (χ0v) is 12.7. The van der Waals surface area contributed by atoms with E-state index in [1.165, 1.54) is 10.9 Å². The Morgan fingerprint density at radius 3 is 2.65 bits per heavy atom. The third-order valence-electron chi connectivity index (χ3n) is 2.28. The molecule has 17 heavy (non-hydrogen) atoms. The maximum Gasteiger partial charge on any atom is 0.213 e. The second-order valence-corrected chi connectivity index (χ2v) is 5.60. The fraction of sp³-hybridized carbons (Fsp3) is 0.0909. The maximum absolute atomic E-state index is 12.3. The Bertz CT molecular complexity index is 576. The van der Waals surface area contributed by atoms with E-state index in [-0.39, 0.29) is 5.78 Å². The number of benzene rings is 1. The highest BCUT2D eigenvalue weighted by molar-refractivity contribution is 9.11. The number of hydrogen-bond acceptors (Lipinski definition) is 2. The average molecular weight is 378 g/mol. The number of ketones is 1. The van der Waals surface area contributed by atoms with Gasteiger partial charge >= 0.3 is 0 Å². The van der Waals surface area contributed by atoms with Gasteiger partial charge in [0.25, 0.3) is 0 Å². The zero-order valence-electron chi connectivity index (χ0n) is 8.75. The van der Waals surface area contributed by atoms with Gasteiger partial charge in [0.1, 0.15) is 5.69 Å². The topological polar surface area (TPSA) is 34.9 Å². The smallest absolute Gasteiger partial charge is 0.213 e. The number of aryl methyl sites for hydroxylation is 1. The molecule has 6 heteroatoms. The van der Waals surface area contributed by atoms with Gasteiger partial charge < -0.3 is 0 Å². The predicted molar refractivity (Wildman–Crippen MR) is 73.5 cm³/mol. The van der Waals surface area contributed by atoms with Crippen molar-refractivity contribution in [2.24, 2.45) is 7.05 Å². The summed E-state index contributed by atoms with van der Waals surface area (Å²) < 4.78 is 3.09. The van der Waals surface area contributed by atoms with Crippen molar-refractivity contribution in [1.29, 1.82) is 0 Å². The van der Waals surface area contributed by atoms with Crippen molar-refractivity contribution in [1.82, 2.24) is 9.78 Å². The van der Waals surface area contributed by atoms with Crippen LogP contribution in [0.2, 0.25) is 5.02 Å². The Kier molecular flexibility index (Phi) is 3.70. The SMILES string of the molecule is Cn1ncc(Cl)c1C(=O)c1ccc(Br)cc1Br. The average Bonchev–Trinajstić information content (AvgIpc) is 2.58. The van der Waals surface area contributed by atoms with Crippen molar-refractivity contribution < 1.29 is 4.79 Å². The highest BCUT2D eigenvalue weighted by Crippen LogP contribution is 2.26. The van der Waals surface area contributed by atoms with Gasteiger partial charge in [-0.25, -0.2) is 0 Å². The van der Waals surface area contributed by atoms with Crippen molar-refractivity contribution in [2.75, 3.05) is 0 Å². The van der Waals surface area contributed by atoms with Crippen molar-refractivity contribution in [3.8, 4) is 0 Å². The molecule has 0 radical (unpaired) electrons. The lowest BCUT2D eigenvalue weighted by atomic mass is 10.1. The quantitative estimate of drug-likeness (QED) is 0.745. The first-order valence-corrected chi connectivity index (χ1v) is 6.64. The first kappa shape index (κ1) is 12.8. The van der Waals surface area contributed by atoms with E-state index in [4.69, 9.17) is 11.6 Å². The molecule has 0 spiro atoms. The molecule has 0 aliphatic heterocycles. The Hall–Kier alpha value is -0.650. The van der Waals surface area contributed by atoms with Crippen LogP contribution in [0, 0.1) is 0 Å². The van der Waals surface area contributed by atoms with Crippen LogP contribution in [-0.4, -0.2) is 15.6 Å². The van der Waals surface area contributed by atoms with E-state index >= 15 is 0 Å². The number of carbonyl (C=O) groups excluding carboxylic acids is 1. The van der Waals surface area contributed by atoms with Crippen molar-refractivity contribution in [3.63, 3.8) is 0 Å². The summed E-state index contributed by atoms with van der Waals surface area (Å²) in [6.07, 6.45) is 1.46. The zero-order chi connectivity index (χ0) is 12.6. The van der Waals surface area contributed by atoms with E-state index in [1.54, 1.807) is 13.1 Å². The normalized spacial score (nSPS) is 10.6. The largest absolute Gasteiger partial charge is 0.287 e. The summed E-state index contributed by atoms with van der Waals surface area (Å²) in [5, 5.41) is 4.30. The summed E-state index contributed by atoms with van der Waals surface area (Å²) in [7, 11) is 1.69. The summed E-state index contributed by atoms with van der Waals surface area (Å²) in [5.41, 5.74) is 0.938. The lowest BCUT2D eigenvalue weighted by Gasteiger charge is -2.05. The van der Waals surface area contributed by atoms with E-state index in [0.29, 0.717) is 20.8 Å². The molecule has 0 atom stereocenters. The Morgan fingerprint density at radius 2 is 2.12 bits per heavy atom. The number of halogens is 3. The van der Waals surface area contributed by atoms with Crippen LogP contribution in [0.5, 0.6) is 0 Å². The number of nitrogens with zero attached hydrogens (tertiary/aromatic N) is 2. The third kappa shape index (κ3) is 2.46. The maximum atomic E-state index is 12.3. The van der Waals surface area contributed by atoms with Gasteiger partial charge in [-0.15, -0.1) is 0 Å². The van der Waals surface area contributed by atoms with Crippen molar-refractivity contribution in [2.45, 2.75) is 0 Å². The Morgan fingerprint density at radius 1 is 1.41 bits per heavy atom. The Labute approximate surface area is 120 Å². The van der Waals surface area contributed by atoms with Crippen LogP contribution < -0.4 is 0 Å². The number of carbonyl (C=O) groups is 1. The van der Waals surface area contributed by atoms with Crippen LogP contribution in [0.4, 0.5) is 0 Å². The molecule has 2 aromatic rings. The second kappa shape index (κ2) is 4.92. The van der Waals surface area contributed by atoms with Crippen LogP contribution in [0.1, 0.15) is 16.1 Å². The predicted octanol–water partition coefficient (Wildman–Crippen LogP) is 3.83. The molecule has 0 N–H and O–H groups in total. The van der Waals surface area contributed by atoms with Gasteiger partial charge in [-0.2, -0.15) is 5.10 Å². The highest BCUT2D eigenvalue weighted by Gasteiger charge is 2.19. The van der Waals surface area contributed by atoms with Gasteiger partial charge in [0.05, 0.1) is 11.2 Å². The number of rotatable bonds is 2. The van der Waals surface area contributed by atoms with Gasteiger partial charge in [0.2, 0.25) is 5.78 Å². The molecule has 0 bridgehead atoms. The molecule has 0 amide bonds. The molecule has 0 unspecified atom stereocenters. The van der Waals surface area contributed by atoms with Gasteiger partial charge in [-0.3, -0.25) is 9.48 Å². The fourth-order valence-electron chi connectivity index (χ4n) is 1.47. The second-order valence-electron chi connectivity index (χ2n) is 3.42. The molecule has 0 aliphatic carbocycles. The van der Waals surface area contributed by atoms with Crippen LogP contribution in [0.25, 0.3) is 0 Å². The van der Waals surface area contributed by atoms with Gasteiger partial charge in [-0.05, 0) is 34.1 Å². The lowest BCUT2D eigenvalue weighted by molar-refractivity contribution is 0.102. The van der Waals surface area contributed by atoms with E-state index in [9.17, 15) is 4.79 Å². The summed E-state index contributed by atoms with van der Waals surface area (Å²) in [5.74, 6) is -0.158. The Balaban J connectivity index is 2.51. The molecular weight excluding hydrogens is 371 g/mol. The molecule has 88 valence electrons. The molecule has 0 aliphatic rings. The van der Waals surface area contributed by atoms with E-state index < -0.39 is 0 Å². The molecule has 2 rings (SSSR count). The minimum absolute atomic E-state index is 0.158. The van der Waals surface area contributed by atoms with Crippen molar-refractivity contribution in [3.05, 3.63) is 49.6 Å². The monoisotopic (exact) mass is 376 g/mol. The standard InChI is InChI=1S/C11H7Br2ClN2O/c1-16-10(9(14)5-15-16)11(17)7-3-2-6(12)4-8(7)13/h2-5H,1H3. The molecule has 0 saturated heterocycles. The van der Waals surface area contributed by atoms with Gasteiger partial charge in [0, 0.05) is 21.6 Å². The number of aromatic nitrogens is 2. The van der Waals surface area contributed by atoms with Crippen molar-refractivity contribution >= 4 is 49.2 Å². The molecule has 1 aromatic carbocycles. The van der Waals surface area contributed by atoms with Gasteiger partial charge in [0.15, 0.2) is 0 Å². The highest BCUT2D eigenvalue weighted by atomic mass is 79.9. The third-order valence-corrected chi connectivity index (χ3v) is 3.71. The van der Waals surface area contributed by atoms with Crippen LogP contribution in [0.15, 0.2) is 33.3 Å². The first-order chi connectivity index (χ1) is 8.00. The first-order valence-electron chi connectivity index (χ1n) is 4.68. The molecule has 0 saturated carbocycles. The van der Waals surface area contributed by atoms with E-state index in [2.05, 4.69) is 37.0 Å². The summed E-state index contributed by atoms with van der Waals surface area (Å²) in [6, 6.07) is 5.36.